The van der Waals surface area contributed by atoms with Gasteiger partial charge in [0.1, 0.15) is 5.54 Å². The summed E-state index contributed by atoms with van der Waals surface area (Å²) in [6.45, 7) is 1.08. The predicted octanol–water partition coefficient (Wildman–Crippen LogP) is 2.64. The van der Waals surface area contributed by atoms with Crippen LogP contribution in [0.2, 0.25) is 0 Å². The third kappa shape index (κ3) is 3.65. The summed E-state index contributed by atoms with van der Waals surface area (Å²) in [6.07, 6.45) is 10.7. The van der Waals surface area contributed by atoms with Gasteiger partial charge < -0.3 is 20.6 Å². The summed E-state index contributed by atoms with van der Waals surface area (Å²) < 4.78 is 0. The van der Waals surface area contributed by atoms with Gasteiger partial charge >= 0.3 is 5.97 Å². The van der Waals surface area contributed by atoms with Crippen molar-refractivity contribution >= 4 is 41.0 Å². The molecule has 4 unspecified atom stereocenters. The number of fused-ring (bicyclic) bond motifs is 2. The quantitative estimate of drug-likeness (QED) is 0.540. The molecule has 2 heterocycles. The first-order valence-electron chi connectivity index (χ1n) is 11.0. The summed E-state index contributed by atoms with van der Waals surface area (Å²) in [6, 6.07) is 0. The number of carbonyl (C=O) groups is 3. The maximum absolute atomic E-state index is 13.1. The molecule has 0 radical (unpaired) electrons. The minimum absolute atomic E-state index is 0.00926. The highest BCUT2D eigenvalue weighted by Gasteiger charge is 2.53. The van der Waals surface area contributed by atoms with Crippen LogP contribution in [0.4, 0.5) is 0 Å². The lowest BCUT2D eigenvalue weighted by molar-refractivity contribution is -0.142. The van der Waals surface area contributed by atoms with Gasteiger partial charge in [-0.25, -0.2) is 4.79 Å². The number of carboxylic acids is 1. The number of amides is 2. The molecular weight excluding hydrogens is 453 g/mol. The minimum Gasteiger partial charge on any atom is -0.480 e. The second-order valence-corrected chi connectivity index (χ2v) is 10.3. The lowest BCUT2D eigenvalue weighted by Crippen LogP contribution is -2.49. The molecule has 0 spiro atoms. The Bertz CT molecular complexity index is 1010. The maximum Gasteiger partial charge on any atom is 0.329 e. The van der Waals surface area contributed by atoms with Crippen LogP contribution in [0.3, 0.4) is 0 Å². The van der Waals surface area contributed by atoms with E-state index in [0.717, 1.165) is 12.1 Å². The molecule has 0 aromatic rings. The lowest BCUT2D eigenvalue weighted by Gasteiger charge is -2.43. The van der Waals surface area contributed by atoms with Crippen molar-refractivity contribution in [2.24, 2.45) is 17.8 Å². The molecule has 0 bridgehead atoms. The number of alkyl halides is 1. The van der Waals surface area contributed by atoms with E-state index in [9.17, 15) is 19.5 Å². The second-order valence-electron chi connectivity index (χ2n) is 9.32. The Kier molecular flexibility index (Phi) is 5.37. The molecule has 5 rings (SSSR count). The zero-order valence-electron chi connectivity index (χ0n) is 17.4. The minimum atomic E-state index is -1.19. The Morgan fingerprint density at radius 1 is 1.28 bits per heavy atom. The van der Waals surface area contributed by atoms with E-state index in [4.69, 9.17) is 23.2 Å². The number of aliphatic carboxylic acids is 1. The average Bonchev–Trinajstić information content (AvgIpc) is 3.39. The lowest BCUT2D eigenvalue weighted by atomic mass is 9.75. The van der Waals surface area contributed by atoms with Crippen molar-refractivity contribution < 1.29 is 19.5 Å². The molecule has 32 heavy (non-hydrogen) atoms. The summed E-state index contributed by atoms with van der Waals surface area (Å²) >= 11 is 13.2. The number of hydrogen-bond acceptors (Lipinski definition) is 4. The highest BCUT2D eigenvalue weighted by atomic mass is 35.5. The summed E-state index contributed by atoms with van der Waals surface area (Å²) in [4.78, 5) is 39.3. The molecule has 2 amide bonds. The van der Waals surface area contributed by atoms with Crippen molar-refractivity contribution in [1.29, 1.82) is 0 Å². The standard InChI is InChI=1S/C23H25Cl2N3O4/c24-16-9-14-11-28(21(30)13-2-1-12-3-7-26-17(12)10-13)8-4-15(14)19(25)18(16)20(29)27-23(5-6-23)22(31)32/h2-3,7,10,12,14-16,26H,1,4-6,8-9,11H2,(H,27,29)(H,31,32). The zero-order valence-corrected chi connectivity index (χ0v) is 19.0. The molecule has 5 aliphatic rings. The predicted molar refractivity (Wildman–Crippen MR) is 120 cm³/mol. The van der Waals surface area contributed by atoms with E-state index in [1.165, 1.54) is 0 Å². The summed E-state index contributed by atoms with van der Waals surface area (Å²) in [5.41, 5.74) is 0.859. The molecule has 0 aromatic carbocycles. The van der Waals surface area contributed by atoms with Gasteiger partial charge in [0.2, 0.25) is 0 Å². The van der Waals surface area contributed by atoms with Gasteiger partial charge in [-0.3, -0.25) is 9.59 Å². The number of carbonyl (C=O) groups excluding carboxylic acids is 2. The van der Waals surface area contributed by atoms with Crippen LogP contribution in [-0.2, 0) is 14.4 Å². The summed E-state index contributed by atoms with van der Waals surface area (Å²) in [7, 11) is 0. The van der Waals surface area contributed by atoms with Crippen LogP contribution >= 0.6 is 23.2 Å². The van der Waals surface area contributed by atoms with Gasteiger partial charge in [0, 0.05) is 46.8 Å². The number of carboxylic acid groups (broad SMARTS) is 1. The number of allylic oxidation sites excluding steroid dienone is 3. The molecule has 2 aliphatic heterocycles. The normalized spacial score (nSPS) is 32.2. The number of halogens is 2. The van der Waals surface area contributed by atoms with Crippen molar-refractivity contribution in [3.63, 3.8) is 0 Å². The van der Waals surface area contributed by atoms with Crippen molar-refractivity contribution in [3.8, 4) is 0 Å². The van der Waals surface area contributed by atoms with Crippen LogP contribution in [-0.4, -0.2) is 51.8 Å². The number of nitrogens with zero attached hydrogens (tertiary/aromatic N) is 1. The molecule has 4 atom stereocenters. The summed E-state index contributed by atoms with van der Waals surface area (Å²) in [5, 5.41) is 15.0. The number of piperidine rings is 1. The number of likely N-dealkylation sites (tertiary alicyclic amines) is 1. The van der Waals surface area contributed by atoms with Crippen LogP contribution in [0.25, 0.3) is 0 Å². The molecule has 9 heteroatoms. The van der Waals surface area contributed by atoms with Gasteiger partial charge in [0.15, 0.2) is 0 Å². The Hall–Kier alpha value is -2.25. The highest BCUT2D eigenvalue weighted by molar-refractivity contribution is 6.35. The monoisotopic (exact) mass is 477 g/mol. The Balaban J connectivity index is 1.28. The van der Waals surface area contributed by atoms with Gasteiger partial charge in [0.25, 0.3) is 11.8 Å². The molecule has 1 saturated carbocycles. The van der Waals surface area contributed by atoms with E-state index in [-0.39, 0.29) is 23.3 Å². The Labute approximate surface area is 196 Å². The van der Waals surface area contributed by atoms with Crippen molar-refractivity contribution in [3.05, 3.63) is 46.3 Å². The van der Waals surface area contributed by atoms with Crippen LogP contribution < -0.4 is 10.6 Å². The molecule has 170 valence electrons. The van der Waals surface area contributed by atoms with E-state index in [1.807, 2.05) is 23.3 Å². The molecule has 0 aromatic heterocycles. The van der Waals surface area contributed by atoms with Crippen LogP contribution in [0.15, 0.2) is 46.3 Å². The Morgan fingerprint density at radius 2 is 2.06 bits per heavy atom. The first kappa shape index (κ1) is 21.6. The smallest absolute Gasteiger partial charge is 0.329 e. The van der Waals surface area contributed by atoms with E-state index >= 15 is 0 Å². The molecule has 3 N–H and O–H groups in total. The molecular formula is C23H25Cl2N3O4. The SMILES string of the molecule is O=C(NC1(C(=O)O)CC1)C1=C(Cl)C2CCN(C(=O)C3=CCC4C=CNC4=C3)CC2CC1Cl. The van der Waals surface area contributed by atoms with E-state index in [1.54, 1.807) is 0 Å². The fourth-order valence-corrected chi connectivity index (χ4v) is 6.22. The largest absolute Gasteiger partial charge is 0.480 e. The number of rotatable bonds is 4. The van der Waals surface area contributed by atoms with Crippen LogP contribution in [0.5, 0.6) is 0 Å². The molecule has 2 fully saturated rings. The number of nitrogens with one attached hydrogen (secondary N) is 2. The highest BCUT2D eigenvalue weighted by Crippen LogP contribution is 2.45. The van der Waals surface area contributed by atoms with E-state index in [0.29, 0.717) is 55.3 Å². The van der Waals surface area contributed by atoms with E-state index in [2.05, 4.69) is 16.7 Å². The van der Waals surface area contributed by atoms with Gasteiger partial charge in [0.05, 0.1) is 5.38 Å². The maximum atomic E-state index is 13.1. The van der Waals surface area contributed by atoms with Gasteiger partial charge in [-0.1, -0.05) is 23.8 Å². The van der Waals surface area contributed by atoms with Crippen molar-refractivity contribution in [2.75, 3.05) is 13.1 Å². The second kappa shape index (κ2) is 7.96. The van der Waals surface area contributed by atoms with Crippen molar-refractivity contribution in [1.82, 2.24) is 15.5 Å². The van der Waals surface area contributed by atoms with Crippen LogP contribution in [0.1, 0.15) is 32.1 Å². The Morgan fingerprint density at radius 3 is 2.78 bits per heavy atom. The fourth-order valence-electron chi connectivity index (χ4n) is 5.21. The fraction of sp³-hybridized carbons (Fsp3) is 0.522. The molecule has 3 aliphatic carbocycles. The average molecular weight is 478 g/mol. The van der Waals surface area contributed by atoms with Gasteiger partial charge in [-0.05, 0) is 50.3 Å². The van der Waals surface area contributed by atoms with Crippen molar-refractivity contribution in [2.45, 2.75) is 43.0 Å². The first-order valence-corrected chi connectivity index (χ1v) is 11.8. The van der Waals surface area contributed by atoms with E-state index < -0.39 is 22.8 Å². The molecule has 7 nitrogen and oxygen atoms in total. The zero-order chi connectivity index (χ0) is 22.6. The number of hydrogen-bond donors (Lipinski definition) is 3. The van der Waals surface area contributed by atoms with Gasteiger partial charge in [-0.2, -0.15) is 0 Å². The van der Waals surface area contributed by atoms with Crippen LogP contribution in [0, 0.1) is 17.8 Å². The third-order valence-corrected chi connectivity index (χ3v) is 8.19. The summed E-state index contributed by atoms with van der Waals surface area (Å²) in [5.74, 6) is -1.18. The third-order valence-electron chi connectivity index (χ3n) is 7.31. The topological polar surface area (TPSA) is 98.7 Å². The first-order chi connectivity index (χ1) is 15.3. The molecule has 1 saturated heterocycles. The van der Waals surface area contributed by atoms with Gasteiger partial charge in [-0.15, -0.1) is 11.6 Å².